The zero-order valence-corrected chi connectivity index (χ0v) is 16.9. The van der Waals surface area contributed by atoms with Gasteiger partial charge in [0.25, 0.3) is 0 Å². The fraction of sp³-hybridized carbons (Fsp3) is 0.190. The summed E-state index contributed by atoms with van der Waals surface area (Å²) < 4.78 is 36.1. The maximum absolute atomic E-state index is 14.5. The average Bonchev–Trinajstić information content (AvgIpc) is 3.29. The van der Waals surface area contributed by atoms with Crippen LogP contribution in [-0.2, 0) is 4.79 Å². The Morgan fingerprint density at radius 2 is 2.10 bits per heavy atom. The third kappa shape index (κ3) is 2.85. The molecule has 9 heteroatoms. The summed E-state index contributed by atoms with van der Waals surface area (Å²) in [7, 11) is 1.59. The quantitative estimate of drug-likeness (QED) is 0.522. The fourth-order valence-corrected chi connectivity index (χ4v) is 4.80. The topological polar surface area (TPSA) is 69.0 Å². The van der Waals surface area contributed by atoms with Gasteiger partial charge in [0, 0.05) is 17.9 Å². The predicted molar refractivity (Wildman–Crippen MR) is 109 cm³/mol. The number of ether oxygens (including phenoxy) is 1. The summed E-state index contributed by atoms with van der Waals surface area (Å²) >= 11 is 1.39. The second-order valence-corrected chi connectivity index (χ2v) is 8.05. The lowest BCUT2D eigenvalue weighted by Crippen LogP contribution is -2.25. The Labute approximate surface area is 174 Å². The number of hydrogen-bond donors (Lipinski definition) is 1. The molecule has 0 fully saturated rings. The van der Waals surface area contributed by atoms with Crippen molar-refractivity contribution >= 4 is 33.3 Å². The number of nitrogens with zero attached hydrogens (tertiary/aromatic N) is 3. The smallest absolute Gasteiger partial charge is 0.226 e. The van der Waals surface area contributed by atoms with Gasteiger partial charge < -0.3 is 10.1 Å². The van der Waals surface area contributed by atoms with Crippen molar-refractivity contribution in [2.24, 2.45) is 0 Å². The molecular formula is C21H16F2N4O2S. The third-order valence-electron chi connectivity index (χ3n) is 5.22. The van der Waals surface area contributed by atoms with Crippen molar-refractivity contribution < 1.29 is 18.3 Å². The van der Waals surface area contributed by atoms with Gasteiger partial charge in [-0.2, -0.15) is 9.78 Å². The largest absolute Gasteiger partial charge is 0.497 e. The van der Waals surface area contributed by atoms with Gasteiger partial charge in [0.15, 0.2) is 11.6 Å². The van der Waals surface area contributed by atoms with E-state index in [0.717, 1.165) is 16.3 Å². The van der Waals surface area contributed by atoms with Crippen LogP contribution in [0.5, 0.6) is 5.75 Å². The van der Waals surface area contributed by atoms with Crippen molar-refractivity contribution in [2.75, 3.05) is 12.4 Å². The molecule has 6 nitrogen and oxygen atoms in total. The zero-order valence-electron chi connectivity index (χ0n) is 16.1. The minimum Gasteiger partial charge on any atom is -0.497 e. The van der Waals surface area contributed by atoms with E-state index in [0.29, 0.717) is 28.0 Å². The Morgan fingerprint density at radius 3 is 2.90 bits per heavy atom. The van der Waals surface area contributed by atoms with E-state index in [-0.39, 0.29) is 17.9 Å². The molecule has 30 heavy (non-hydrogen) atoms. The molecule has 0 unspecified atom stereocenters. The summed E-state index contributed by atoms with van der Waals surface area (Å²) in [4.78, 5) is 17.1. The van der Waals surface area contributed by atoms with Crippen LogP contribution in [0.15, 0.2) is 36.4 Å². The summed E-state index contributed by atoms with van der Waals surface area (Å²) in [5.74, 6) is -1.66. The van der Waals surface area contributed by atoms with Gasteiger partial charge in [-0.3, -0.25) is 4.79 Å². The Hall–Kier alpha value is -3.33. The number of aryl methyl sites for hydroxylation is 1. The number of methoxy groups -OCH3 is 1. The van der Waals surface area contributed by atoms with Crippen LogP contribution in [0.4, 0.5) is 14.6 Å². The normalized spacial score (nSPS) is 15.9. The van der Waals surface area contributed by atoms with Crippen LogP contribution < -0.4 is 10.1 Å². The number of halogens is 2. The molecule has 1 atom stereocenters. The molecule has 0 saturated carbocycles. The van der Waals surface area contributed by atoms with Gasteiger partial charge in [-0.15, -0.1) is 0 Å². The number of fused-ring (bicyclic) bond motifs is 2. The van der Waals surface area contributed by atoms with E-state index < -0.39 is 17.6 Å². The van der Waals surface area contributed by atoms with E-state index in [1.54, 1.807) is 18.7 Å². The SMILES string of the molecule is COc1ccc2nc(-n3nc(C)c4c3NC(=O)C[C@@H]4c3cccc(F)c3F)sc2c1. The van der Waals surface area contributed by atoms with Crippen molar-refractivity contribution in [2.45, 2.75) is 19.3 Å². The molecule has 5 rings (SSSR count). The first-order valence-electron chi connectivity index (χ1n) is 9.24. The summed E-state index contributed by atoms with van der Waals surface area (Å²) in [5, 5.41) is 7.96. The Bertz CT molecular complexity index is 1310. The number of amides is 1. The van der Waals surface area contributed by atoms with E-state index in [2.05, 4.69) is 15.4 Å². The first kappa shape index (κ1) is 18.7. The maximum Gasteiger partial charge on any atom is 0.226 e. The van der Waals surface area contributed by atoms with Gasteiger partial charge in [-0.1, -0.05) is 23.5 Å². The molecule has 3 heterocycles. The van der Waals surface area contributed by atoms with Crippen molar-refractivity contribution in [3.63, 3.8) is 0 Å². The van der Waals surface area contributed by atoms with E-state index in [1.165, 1.54) is 23.5 Å². The molecule has 1 aliphatic rings. The van der Waals surface area contributed by atoms with Crippen molar-refractivity contribution in [1.82, 2.24) is 14.8 Å². The monoisotopic (exact) mass is 426 g/mol. The van der Waals surface area contributed by atoms with Crippen LogP contribution in [0.1, 0.15) is 29.2 Å². The molecule has 0 aliphatic carbocycles. The molecule has 0 saturated heterocycles. The number of benzene rings is 2. The number of rotatable bonds is 3. The van der Waals surface area contributed by atoms with Crippen molar-refractivity contribution in [3.8, 4) is 10.9 Å². The standard InChI is InChI=1S/C21H16F2N4O2S/c1-10-18-13(12-4-3-5-14(22)19(12)23)9-17(28)25-20(18)27(26-10)21-24-15-7-6-11(29-2)8-16(15)30-21/h3-8,13H,9H2,1-2H3,(H,25,28)/t13-/m1/s1. The number of nitrogens with one attached hydrogen (secondary N) is 1. The van der Waals surface area contributed by atoms with Gasteiger partial charge in [0.1, 0.15) is 11.6 Å². The van der Waals surface area contributed by atoms with Crippen molar-refractivity contribution in [3.05, 3.63) is 64.9 Å². The minimum atomic E-state index is -0.942. The molecule has 0 radical (unpaired) electrons. The van der Waals surface area contributed by atoms with Crippen LogP contribution in [0, 0.1) is 18.6 Å². The number of carbonyl (C=O) groups excluding carboxylic acids is 1. The first-order valence-corrected chi connectivity index (χ1v) is 10.1. The predicted octanol–water partition coefficient (Wildman–Crippen LogP) is 4.55. The van der Waals surface area contributed by atoms with E-state index in [9.17, 15) is 13.6 Å². The molecular weight excluding hydrogens is 410 g/mol. The number of hydrogen-bond acceptors (Lipinski definition) is 5. The van der Waals surface area contributed by atoms with Crippen LogP contribution in [0.3, 0.4) is 0 Å². The minimum absolute atomic E-state index is 0.0109. The second kappa shape index (κ2) is 6.88. The number of aromatic nitrogens is 3. The summed E-state index contributed by atoms with van der Waals surface area (Å²) in [6.45, 7) is 1.79. The van der Waals surface area contributed by atoms with Crippen LogP contribution in [0.2, 0.25) is 0 Å². The lowest BCUT2D eigenvalue weighted by molar-refractivity contribution is -0.116. The molecule has 0 spiro atoms. The highest BCUT2D eigenvalue weighted by molar-refractivity contribution is 7.20. The van der Waals surface area contributed by atoms with Gasteiger partial charge in [-0.25, -0.2) is 13.8 Å². The highest BCUT2D eigenvalue weighted by Gasteiger charge is 2.35. The maximum atomic E-state index is 14.5. The summed E-state index contributed by atoms with van der Waals surface area (Å²) in [6, 6.07) is 9.56. The number of thiazole rings is 1. The van der Waals surface area contributed by atoms with E-state index in [1.807, 2.05) is 18.2 Å². The third-order valence-corrected chi connectivity index (χ3v) is 6.22. The lowest BCUT2D eigenvalue weighted by Gasteiger charge is -2.24. The molecule has 0 bridgehead atoms. The van der Waals surface area contributed by atoms with E-state index >= 15 is 0 Å². The zero-order chi connectivity index (χ0) is 21.0. The van der Waals surface area contributed by atoms with Crippen LogP contribution in [-0.4, -0.2) is 27.8 Å². The van der Waals surface area contributed by atoms with E-state index in [4.69, 9.17) is 4.74 Å². The first-order chi connectivity index (χ1) is 14.5. The van der Waals surface area contributed by atoms with Gasteiger partial charge in [-0.05, 0) is 36.8 Å². The molecule has 2 aromatic heterocycles. The highest BCUT2D eigenvalue weighted by atomic mass is 32.1. The second-order valence-electron chi connectivity index (χ2n) is 7.04. The van der Waals surface area contributed by atoms with Crippen LogP contribution in [0.25, 0.3) is 15.3 Å². The molecule has 1 amide bonds. The number of anilines is 1. The average molecular weight is 426 g/mol. The molecule has 152 valence electrons. The van der Waals surface area contributed by atoms with Crippen LogP contribution >= 0.6 is 11.3 Å². The Kier molecular flexibility index (Phi) is 4.28. The molecule has 2 aromatic carbocycles. The van der Waals surface area contributed by atoms with Gasteiger partial charge in [0.2, 0.25) is 11.0 Å². The number of carbonyl (C=O) groups is 1. The Balaban J connectivity index is 1.67. The molecule has 1 aliphatic heterocycles. The van der Waals surface area contributed by atoms with Crippen molar-refractivity contribution in [1.29, 1.82) is 0 Å². The fourth-order valence-electron chi connectivity index (χ4n) is 3.85. The lowest BCUT2D eigenvalue weighted by atomic mass is 9.85. The van der Waals surface area contributed by atoms with Gasteiger partial charge >= 0.3 is 0 Å². The Morgan fingerprint density at radius 1 is 1.27 bits per heavy atom. The molecule has 4 aromatic rings. The molecule has 1 N–H and O–H groups in total. The summed E-state index contributed by atoms with van der Waals surface area (Å²) in [5.41, 5.74) is 2.20. The highest BCUT2D eigenvalue weighted by Crippen LogP contribution is 2.42. The summed E-state index contributed by atoms with van der Waals surface area (Å²) in [6.07, 6.45) is 0.0109. The van der Waals surface area contributed by atoms with Gasteiger partial charge in [0.05, 0.1) is 23.0 Å².